The molecule has 1 aromatic rings. The van der Waals surface area contributed by atoms with Crippen LogP contribution in [0.4, 0.5) is 5.69 Å². The molecule has 0 aromatic heterocycles. The Morgan fingerprint density at radius 2 is 2.00 bits per heavy atom. The normalized spacial score (nSPS) is 11.4. The van der Waals surface area contributed by atoms with Crippen LogP contribution >= 0.6 is 26.6 Å². The minimum Gasteiger partial charge on any atom is -0.258 e. The SMILES string of the molecule is Cc1cc(Br)c([N+](=O)[O-])cc1S(=O)(=O)Cl. The molecule has 0 amide bonds. The van der Waals surface area contributed by atoms with E-state index < -0.39 is 14.0 Å². The smallest absolute Gasteiger partial charge is 0.258 e. The van der Waals surface area contributed by atoms with Crippen molar-refractivity contribution in [2.45, 2.75) is 11.8 Å². The predicted molar refractivity (Wildman–Crippen MR) is 58.6 cm³/mol. The molecule has 0 N–H and O–H groups in total. The molecule has 0 heterocycles. The van der Waals surface area contributed by atoms with Crippen molar-refractivity contribution in [1.82, 2.24) is 0 Å². The molecular weight excluding hydrogens is 310 g/mol. The standard InChI is InChI=1S/C7H5BrClNO4S/c1-4-2-5(8)6(10(11)12)3-7(4)15(9,13)14/h2-3H,1H3. The van der Waals surface area contributed by atoms with E-state index in [0.29, 0.717) is 5.56 Å². The molecule has 0 saturated carbocycles. The van der Waals surface area contributed by atoms with Gasteiger partial charge in [0.2, 0.25) is 0 Å². The van der Waals surface area contributed by atoms with Crippen molar-refractivity contribution in [1.29, 1.82) is 0 Å². The number of benzene rings is 1. The van der Waals surface area contributed by atoms with E-state index in [2.05, 4.69) is 15.9 Å². The van der Waals surface area contributed by atoms with E-state index in [1.807, 2.05) is 0 Å². The number of rotatable bonds is 2. The fourth-order valence-electron chi connectivity index (χ4n) is 1.04. The van der Waals surface area contributed by atoms with Gasteiger partial charge < -0.3 is 0 Å². The van der Waals surface area contributed by atoms with Gasteiger partial charge in [0.15, 0.2) is 0 Å². The lowest BCUT2D eigenvalue weighted by atomic mass is 10.2. The van der Waals surface area contributed by atoms with E-state index in [1.165, 1.54) is 13.0 Å². The average Bonchev–Trinajstić information content (AvgIpc) is 2.00. The minimum absolute atomic E-state index is 0.217. The van der Waals surface area contributed by atoms with Crippen LogP contribution in [-0.2, 0) is 9.05 Å². The molecule has 0 bridgehead atoms. The van der Waals surface area contributed by atoms with Crippen molar-refractivity contribution in [3.05, 3.63) is 32.3 Å². The highest BCUT2D eigenvalue weighted by Gasteiger charge is 2.21. The second-order valence-electron chi connectivity index (χ2n) is 2.76. The van der Waals surface area contributed by atoms with Gasteiger partial charge in [-0.3, -0.25) is 10.1 Å². The first-order chi connectivity index (χ1) is 6.73. The largest absolute Gasteiger partial charge is 0.284 e. The molecule has 82 valence electrons. The highest BCUT2D eigenvalue weighted by molar-refractivity contribution is 9.10. The zero-order chi connectivity index (χ0) is 11.8. The summed E-state index contributed by atoms with van der Waals surface area (Å²) in [6, 6.07) is 2.27. The maximum absolute atomic E-state index is 11.1. The maximum atomic E-state index is 11.1. The molecular formula is C7H5BrClNO4S. The van der Waals surface area contributed by atoms with Crippen LogP contribution in [0.2, 0.25) is 0 Å². The number of aryl methyl sites for hydroxylation is 1. The van der Waals surface area contributed by atoms with E-state index in [4.69, 9.17) is 10.7 Å². The Hall–Kier alpha value is -0.660. The molecule has 0 aliphatic rings. The van der Waals surface area contributed by atoms with Gasteiger partial charge in [-0.25, -0.2) is 8.42 Å². The highest BCUT2D eigenvalue weighted by atomic mass is 79.9. The van der Waals surface area contributed by atoms with Gasteiger partial charge in [0.1, 0.15) is 0 Å². The van der Waals surface area contributed by atoms with Gasteiger partial charge in [-0.2, -0.15) is 0 Å². The Morgan fingerprint density at radius 3 is 2.40 bits per heavy atom. The predicted octanol–water partition coefficient (Wildman–Crippen LogP) is 2.59. The third kappa shape index (κ3) is 2.67. The van der Waals surface area contributed by atoms with Crippen molar-refractivity contribution in [2.75, 3.05) is 0 Å². The van der Waals surface area contributed by atoms with Crippen LogP contribution in [-0.4, -0.2) is 13.3 Å². The minimum atomic E-state index is -3.96. The van der Waals surface area contributed by atoms with Crippen LogP contribution in [0, 0.1) is 17.0 Å². The van der Waals surface area contributed by atoms with E-state index in [-0.39, 0.29) is 15.1 Å². The highest BCUT2D eigenvalue weighted by Crippen LogP contribution is 2.31. The molecule has 0 atom stereocenters. The summed E-state index contributed by atoms with van der Waals surface area (Å²) in [5, 5.41) is 10.5. The van der Waals surface area contributed by atoms with Crippen LogP contribution in [0.25, 0.3) is 0 Å². The maximum Gasteiger partial charge on any atom is 0.284 e. The van der Waals surface area contributed by atoms with E-state index in [1.54, 1.807) is 0 Å². The molecule has 0 aliphatic carbocycles. The first-order valence-corrected chi connectivity index (χ1v) is 6.73. The summed E-state index contributed by atoms with van der Waals surface area (Å²) in [5.41, 5.74) is 0.0160. The lowest BCUT2D eigenvalue weighted by molar-refractivity contribution is -0.385. The van der Waals surface area contributed by atoms with Crippen molar-refractivity contribution < 1.29 is 13.3 Å². The Kier molecular flexibility index (Phi) is 3.37. The molecule has 1 rings (SSSR count). The first-order valence-electron chi connectivity index (χ1n) is 3.62. The second kappa shape index (κ2) is 4.07. The number of halogens is 2. The lowest BCUT2D eigenvalue weighted by Crippen LogP contribution is -1.98. The van der Waals surface area contributed by atoms with Gasteiger partial charge in [0, 0.05) is 16.7 Å². The summed E-state index contributed by atoms with van der Waals surface area (Å²) in [6.45, 7) is 1.50. The Labute approximate surface area is 98.7 Å². The molecule has 15 heavy (non-hydrogen) atoms. The summed E-state index contributed by atoms with van der Waals surface area (Å²) >= 11 is 2.97. The number of hydrogen-bond donors (Lipinski definition) is 0. The van der Waals surface area contributed by atoms with Gasteiger partial charge in [0.05, 0.1) is 14.3 Å². The van der Waals surface area contributed by atoms with Crippen molar-refractivity contribution in [3.63, 3.8) is 0 Å². The van der Waals surface area contributed by atoms with Crippen LogP contribution in [0.1, 0.15) is 5.56 Å². The van der Waals surface area contributed by atoms with Crippen molar-refractivity contribution >= 4 is 41.4 Å². The zero-order valence-corrected chi connectivity index (χ0v) is 10.6. The Balaban J connectivity index is 3.58. The molecule has 0 spiro atoms. The van der Waals surface area contributed by atoms with Gasteiger partial charge >= 0.3 is 0 Å². The number of nitro benzene ring substituents is 1. The fourth-order valence-corrected chi connectivity index (χ4v) is 2.84. The fraction of sp³-hybridized carbons (Fsp3) is 0.143. The Morgan fingerprint density at radius 1 is 1.47 bits per heavy atom. The molecule has 0 saturated heterocycles. The lowest BCUT2D eigenvalue weighted by Gasteiger charge is -2.03. The first kappa shape index (κ1) is 12.4. The van der Waals surface area contributed by atoms with E-state index in [9.17, 15) is 18.5 Å². The second-order valence-corrected chi connectivity index (χ2v) is 6.15. The van der Waals surface area contributed by atoms with Crippen molar-refractivity contribution in [2.24, 2.45) is 0 Å². The van der Waals surface area contributed by atoms with Crippen LogP contribution < -0.4 is 0 Å². The quantitative estimate of drug-likeness (QED) is 0.477. The average molecular weight is 315 g/mol. The van der Waals surface area contributed by atoms with Gasteiger partial charge in [-0.05, 0) is 34.5 Å². The summed E-state index contributed by atoms with van der Waals surface area (Å²) in [7, 11) is 1.17. The molecule has 0 unspecified atom stereocenters. The van der Waals surface area contributed by atoms with Crippen molar-refractivity contribution in [3.8, 4) is 0 Å². The summed E-state index contributed by atoms with van der Waals surface area (Å²) in [5.74, 6) is 0. The number of nitrogens with zero attached hydrogens (tertiary/aromatic N) is 1. The van der Waals surface area contributed by atoms with Gasteiger partial charge in [-0.1, -0.05) is 0 Å². The Bertz CT molecular complexity index is 528. The van der Waals surface area contributed by atoms with E-state index in [0.717, 1.165) is 6.07 Å². The molecule has 8 heteroatoms. The summed E-state index contributed by atoms with van der Waals surface area (Å²) < 4.78 is 22.4. The summed E-state index contributed by atoms with van der Waals surface area (Å²) in [6.07, 6.45) is 0. The monoisotopic (exact) mass is 313 g/mol. The van der Waals surface area contributed by atoms with Crippen LogP contribution in [0.15, 0.2) is 21.5 Å². The zero-order valence-electron chi connectivity index (χ0n) is 7.40. The topological polar surface area (TPSA) is 77.3 Å². The molecule has 0 radical (unpaired) electrons. The molecule has 0 fully saturated rings. The van der Waals surface area contributed by atoms with Gasteiger partial charge in [0.25, 0.3) is 14.7 Å². The number of nitro groups is 1. The number of hydrogen-bond acceptors (Lipinski definition) is 4. The third-order valence-corrected chi connectivity index (χ3v) is 3.80. The molecule has 0 aliphatic heterocycles. The third-order valence-electron chi connectivity index (χ3n) is 1.70. The van der Waals surface area contributed by atoms with Crippen LogP contribution in [0.3, 0.4) is 0 Å². The van der Waals surface area contributed by atoms with Crippen LogP contribution in [0.5, 0.6) is 0 Å². The van der Waals surface area contributed by atoms with E-state index >= 15 is 0 Å². The van der Waals surface area contributed by atoms with Gasteiger partial charge in [-0.15, -0.1) is 0 Å². The molecule has 1 aromatic carbocycles. The molecule has 5 nitrogen and oxygen atoms in total. The summed E-state index contributed by atoms with van der Waals surface area (Å²) in [4.78, 5) is 9.61.